The lowest BCUT2D eigenvalue weighted by atomic mass is 10.1. The van der Waals surface area contributed by atoms with Gasteiger partial charge in [0.1, 0.15) is 11.5 Å². The van der Waals surface area contributed by atoms with Crippen molar-refractivity contribution in [2.45, 2.75) is 19.8 Å². The van der Waals surface area contributed by atoms with E-state index >= 15 is 0 Å². The minimum absolute atomic E-state index is 0.0760. The van der Waals surface area contributed by atoms with Gasteiger partial charge in [0.05, 0.1) is 22.3 Å². The summed E-state index contributed by atoms with van der Waals surface area (Å²) < 4.78 is 1.40. The van der Waals surface area contributed by atoms with Gasteiger partial charge in [-0.3, -0.25) is 4.98 Å². The van der Waals surface area contributed by atoms with E-state index in [1.54, 1.807) is 0 Å². The summed E-state index contributed by atoms with van der Waals surface area (Å²) in [6.07, 6.45) is 2.91. The smallest absolute Gasteiger partial charge is 0.250 e. The second-order valence-corrected chi connectivity index (χ2v) is 5.06. The van der Waals surface area contributed by atoms with Crippen molar-refractivity contribution in [2.75, 3.05) is 5.73 Å². The molecule has 0 bridgehead atoms. The van der Waals surface area contributed by atoms with Gasteiger partial charge in [-0.2, -0.15) is 5.10 Å². The molecule has 2 N–H and O–H groups in total. The van der Waals surface area contributed by atoms with Gasteiger partial charge in [-0.15, -0.1) is 0 Å². The zero-order valence-corrected chi connectivity index (χ0v) is 11.9. The van der Waals surface area contributed by atoms with E-state index < -0.39 is 0 Å². The van der Waals surface area contributed by atoms with Crippen LogP contribution in [0.25, 0.3) is 10.5 Å². The zero-order chi connectivity index (χ0) is 14.2. The Hall–Kier alpha value is -1.77. The molecule has 0 saturated heterocycles. The minimum atomic E-state index is 0.0760. The second-order valence-electron chi connectivity index (χ2n) is 4.25. The summed E-state index contributed by atoms with van der Waals surface area (Å²) in [5, 5.41) is 5.01. The third-order valence-electron chi connectivity index (χ3n) is 2.62. The lowest BCUT2D eigenvalue weighted by Crippen LogP contribution is -2.04. The van der Waals surface area contributed by atoms with Crippen LogP contribution >= 0.6 is 23.2 Å². The number of pyridine rings is 1. The van der Waals surface area contributed by atoms with Crippen molar-refractivity contribution in [1.29, 1.82) is 0 Å². The zero-order valence-electron chi connectivity index (χ0n) is 10.4. The van der Waals surface area contributed by atoms with Gasteiger partial charge < -0.3 is 5.73 Å². The first-order valence-corrected chi connectivity index (χ1v) is 6.28. The first kappa shape index (κ1) is 13.7. The van der Waals surface area contributed by atoms with Crippen LogP contribution in [-0.2, 0) is 0 Å². The fourth-order valence-corrected chi connectivity index (χ4v) is 2.25. The Morgan fingerprint density at radius 2 is 1.89 bits per heavy atom. The predicted octanol–water partition coefficient (Wildman–Crippen LogP) is 3.83. The molecule has 0 aromatic carbocycles. The number of nitrogens with two attached hydrogens (primary N) is 1. The van der Waals surface area contributed by atoms with Crippen molar-refractivity contribution in [2.24, 2.45) is 0 Å². The van der Waals surface area contributed by atoms with Crippen LogP contribution in [0.2, 0.25) is 10.0 Å². The topological polar surface area (TPSA) is 61.1 Å². The highest BCUT2D eigenvalue weighted by Crippen LogP contribution is 2.37. The maximum Gasteiger partial charge on any atom is 0.250 e. The molecular weight excluding hydrogens is 285 g/mol. The summed E-state index contributed by atoms with van der Waals surface area (Å²) in [5.74, 6) is 0.306. The molecular formula is C12H11Cl2N5. The van der Waals surface area contributed by atoms with E-state index in [0.29, 0.717) is 27.1 Å². The van der Waals surface area contributed by atoms with Crippen LogP contribution in [0.4, 0.5) is 11.5 Å². The van der Waals surface area contributed by atoms with Gasteiger partial charge >= 0.3 is 0 Å². The normalized spacial score (nSPS) is 10.7. The Morgan fingerprint density at radius 3 is 2.32 bits per heavy atom. The average Bonchev–Trinajstić information content (AvgIpc) is 2.67. The molecule has 0 fully saturated rings. The van der Waals surface area contributed by atoms with Crippen LogP contribution in [0.3, 0.4) is 0 Å². The quantitative estimate of drug-likeness (QED) is 0.857. The molecule has 0 saturated carbocycles. The molecule has 2 rings (SSSR count). The highest BCUT2D eigenvalue weighted by molar-refractivity contribution is 6.37. The third kappa shape index (κ3) is 2.25. The Kier molecular flexibility index (Phi) is 3.65. The van der Waals surface area contributed by atoms with E-state index in [1.807, 2.05) is 13.8 Å². The number of hydrogen-bond acceptors (Lipinski definition) is 3. The number of rotatable bonds is 2. The number of nitrogens with zero attached hydrogens (tertiary/aromatic N) is 4. The Bertz CT molecular complexity index is 649. The molecule has 0 spiro atoms. The number of anilines is 1. The van der Waals surface area contributed by atoms with E-state index in [9.17, 15) is 0 Å². The number of aromatic nitrogens is 3. The summed E-state index contributed by atoms with van der Waals surface area (Å²) in [6.45, 7) is 11.1. The van der Waals surface area contributed by atoms with E-state index in [2.05, 4.69) is 14.9 Å². The van der Waals surface area contributed by atoms with Crippen LogP contribution in [0.15, 0.2) is 12.4 Å². The fraction of sp³-hybridized carbons (Fsp3) is 0.250. The standard InChI is InChI=1S/C12H11Cl2N5/c1-6(2)9-10(16-3)12(15)19(18-9)11-7(13)4-17-5-8(11)14/h4-6H,15H2,1-2H3. The highest BCUT2D eigenvalue weighted by atomic mass is 35.5. The van der Waals surface area contributed by atoms with E-state index in [-0.39, 0.29) is 11.7 Å². The molecule has 0 atom stereocenters. The minimum Gasteiger partial charge on any atom is -0.392 e. The third-order valence-corrected chi connectivity index (χ3v) is 3.17. The number of halogens is 2. The van der Waals surface area contributed by atoms with Crippen LogP contribution in [0.5, 0.6) is 0 Å². The monoisotopic (exact) mass is 295 g/mol. The molecule has 0 aliphatic heterocycles. The average molecular weight is 296 g/mol. The molecule has 0 unspecified atom stereocenters. The predicted molar refractivity (Wildman–Crippen MR) is 76.1 cm³/mol. The highest BCUT2D eigenvalue weighted by Gasteiger charge is 2.21. The molecule has 2 heterocycles. The molecule has 98 valence electrons. The first-order chi connectivity index (χ1) is 8.97. The van der Waals surface area contributed by atoms with Gasteiger partial charge in [0, 0.05) is 12.4 Å². The largest absolute Gasteiger partial charge is 0.392 e. The molecule has 2 aromatic heterocycles. The van der Waals surface area contributed by atoms with Gasteiger partial charge in [0.2, 0.25) is 0 Å². The van der Waals surface area contributed by atoms with E-state index in [1.165, 1.54) is 17.1 Å². The molecule has 19 heavy (non-hydrogen) atoms. The number of nitrogen functional groups attached to an aromatic ring is 1. The van der Waals surface area contributed by atoms with Crippen molar-refractivity contribution in [3.8, 4) is 5.69 Å². The van der Waals surface area contributed by atoms with Gasteiger partial charge in [-0.25, -0.2) is 9.53 Å². The molecule has 5 nitrogen and oxygen atoms in total. The summed E-state index contributed by atoms with van der Waals surface area (Å²) >= 11 is 12.2. The maximum atomic E-state index is 7.22. The molecule has 0 amide bonds. The Balaban J connectivity index is 2.75. The Morgan fingerprint density at radius 1 is 1.32 bits per heavy atom. The van der Waals surface area contributed by atoms with E-state index in [4.69, 9.17) is 35.5 Å². The lowest BCUT2D eigenvalue weighted by Gasteiger charge is -2.08. The number of hydrogen-bond donors (Lipinski definition) is 1. The summed E-state index contributed by atoms with van der Waals surface area (Å²) in [5.41, 5.74) is 7.36. The van der Waals surface area contributed by atoms with Crippen LogP contribution in [0, 0.1) is 6.57 Å². The van der Waals surface area contributed by atoms with Gasteiger partial charge in [-0.1, -0.05) is 37.0 Å². The molecule has 0 radical (unpaired) electrons. The summed E-state index contributed by atoms with van der Waals surface area (Å²) in [6, 6.07) is 0. The van der Waals surface area contributed by atoms with Crippen molar-refractivity contribution in [3.63, 3.8) is 0 Å². The molecule has 2 aromatic rings. The SMILES string of the molecule is [C-]#[N+]c1c(C(C)C)nn(-c2c(Cl)cncc2Cl)c1N. The van der Waals surface area contributed by atoms with Gasteiger partial charge in [0.25, 0.3) is 5.69 Å². The maximum absolute atomic E-state index is 7.22. The van der Waals surface area contributed by atoms with Crippen molar-refractivity contribution < 1.29 is 0 Å². The lowest BCUT2D eigenvalue weighted by molar-refractivity contribution is 0.772. The fourth-order valence-electron chi connectivity index (χ4n) is 1.72. The van der Waals surface area contributed by atoms with Crippen LogP contribution in [-0.4, -0.2) is 14.8 Å². The van der Waals surface area contributed by atoms with Crippen molar-refractivity contribution in [1.82, 2.24) is 14.8 Å². The molecule has 0 aliphatic carbocycles. The molecule has 0 aliphatic rings. The second kappa shape index (κ2) is 5.08. The van der Waals surface area contributed by atoms with Crippen LogP contribution in [0.1, 0.15) is 25.5 Å². The van der Waals surface area contributed by atoms with Crippen LogP contribution < -0.4 is 5.73 Å². The Labute approximate surface area is 120 Å². The van der Waals surface area contributed by atoms with Gasteiger partial charge in [-0.05, 0) is 5.92 Å². The first-order valence-electron chi connectivity index (χ1n) is 5.52. The summed E-state index contributed by atoms with van der Waals surface area (Å²) in [7, 11) is 0. The molecule has 7 heteroatoms. The van der Waals surface area contributed by atoms with Gasteiger partial charge in [0.15, 0.2) is 0 Å². The van der Waals surface area contributed by atoms with Crippen molar-refractivity contribution >= 4 is 34.7 Å². The van der Waals surface area contributed by atoms with E-state index in [0.717, 1.165) is 0 Å². The summed E-state index contributed by atoms with van der Waals surface area (Å²) in [4.78, 5) is 7.31. The van der Waals surface area contributed by atoms with Crippen molar-refractivity contribution in [3.05, 3.63) is 39.6 Å².